The Balaban J connectivity index is 2.14. The number of nitrogens with zero attached hydrogens (tertiary/aromatic N) is 2. The molecule has 0 spiro atoms. The van der Waals surface area contributed by atoms with Gasteiger partial charge in [-0.15, -0.1) is 0 Å². The number of imidazole rings is 1. The van der Waals surface area contributed by atoms with Gasteiger partial charge >= 0.3 is 17.7 Å². The number of aryl methyl sites for hydroxylation is 2. The zero-order valence-corrected chi connectivity index (χ0v) is 16.3. The minimum atomic E-state index is -1.14. The highest BCUT2D eigenvalue weighted by atomic mass is 16.5. The van der Waals surface area contributed by atoms with Gasteiger partial charge in [0, 0.05) is 13.1 Å². The maximum atomic E-state index is 12.7. The van der Waals surface area contributed by atoms with Crippen molar-refractivity contribution in [2.24, 2.45) is 11.7 Å². The number of benzene rings is 1. The number of carbonyl (C=O) groups is 3. The van der Waals surface area contributed by atoms with Crippen molar-refractivity contribution in [3.63, 3.8) is 0 Å². The first-order chi connectivity index (χ1) is 13.3. The van der Waals surface area contributed by atoms with Gasteiger partial charge in [0.1, 0.15) is 0 Å². The second-order valence-electron chi connectivity index (χ2n) is 6.83. The first kappa shape index (κ1) is 21.2. The molecule has 0 radical (unpaired) electrons. The van der Waals surface area contributed by atoms with Crippen LogP contribution in [0.4, 0.5) is 4.79 Å². The number of nitrogens with one attached hydrogen (secondary N) is 1. The van der Waals surface area contributed by atoms with E-state index in [1.165, 1.54) is 4.57 Å². The highest BCUT2D eigenvalue weighted by molar-refractivity contribution is 5.96. The maximum absolute atomic E-state index is 12.7. The van der Waals surface area contributed by atoms with E-state index in [0.717, 1.165) is 17.5 Å². The number of imide groups is 1. The van der Waals surface area contributed by atoms with Crippen molar-refractivity contribution < 1.29 is 19.1 Å². The number of fused-ring (bicyclic) bond motifs is 1. The molecule has 3 N–H and O–H groups in total. The van der Waals surface area contributed by atoms with Crippen LogP contribution < -0.4 is 16.7 Å². The minimum absolute atomic E-state index is 0.0902. The molecule has 0 aliphatic carbocycles. The van der Waals surface area contributed by atoms with Crippen LogP contribution in [0.15, 0.2) is 29.1 Å². The minimum Gasteiger partial charge on any atom is -0.452 e. The van der Waals surface area contributed by atoms with Crippen LogP contribution in [0.5, 0.6) is 0 Å². The number of aromatic nitrogens is 2. The number of ether oxygens (including phenoxy) is 1. The van der Waals surface area contributed by atoms with Crippen LogP contribution in [0.2, 0.25) is 0 Å². The van der Waals surface area contributed by atoms with Crippen molar-refractivity contribution >= 4 is 28.9 Å². The summed E-state index contributed by atoms with van der Waals surface area (Å²) in [4.78, 5) is 47.8. The van der Waals surface area contributed by atoms with E-state index in [4.69, 9.17) is 10.5 Å². The van der Waals surface area contributed by atoms with E-state index in [0.29, 0.717) is 6.54 Å². The zero-order valence-electron chi connectivity index (χ0n) is 16.3. The smallest absolute Gasteiger partial charge is 0.329 e. The average Bonchev–Trinajstić information content (AvgIpc) is 2.89. The largest absolute Gasteiger partial charge is 0.452 e. The van der Waals surface area contributed by atoms with Crippen LogP contribution in [-0.2, 0) is 27.4 Å². The number of carbonyl (C=O) groups excluding carboxylic acids is 3. The Morgan fingerprint density at radius 3 is 2.18 bits per heavy atom. The van der Waals surface area contributed by atoms with Crippen LogP contribution in [0.3, 0.4) is 0 Å². The lowest BCUT2D eigenvalue weighted by Crippen LogP contribution is -2.45. The van der Waals surface area contributed by atoms with Gasteiger partial charge in [0.25, 0.3) is 5.91 Å². The summed E-state index contributed by atoms with van der Waals surface area (Å²) < 4.78 is 8.43. The molecule has 0 unspecified atom stereocenters. The highest BCUT2D eigenvalue weighted by Crippen LogP contribution is 2.14. The summed E-state index contributed by atoms with van der Waals surface area (Å²) in [5.74, 6) is -1.76. The summed E-state index contributed by atoms with van der Waals surface area (Å²) in [5, 5.41) is 1.92. The zero-order chi connectivity index (χ0) is 20.8. The number of nitrogens with two attached hydrogens (primary N) is 1. The number of para-hydroxylation sites is 2. The van der Waals surface area contributed by atoms with Gasteiger partial charge in [-0.1, -0.05) is 32.9 Å². The third-order valence-electron chi connectivity index (χ3n) is 4.28. The number of rotatable bonds is 8. The number of hydrogen-bond acceptors (Lipinski definition) is 5. The van der Waals surface area contributed by atoms with Crippen LogP contribution in [0.25, 0.3) is 11.0 Å². The highest BCUT2D eigenvalue weighted by Gasteiger charge is 2.27. The van der Waals surface area contributed by atoms with E-state index in [2.05, 4.69) is 0 Å². The number of amides is 3. The topological polar surface area (TPSA) is 125 Å². The molecular formula is C19H26N4O5. The van der Waals surface area contributed by atoms with Gasteiger partial charge in [-0.05, 0) is 24.5 Å². The van der Waals surface area contributed by atoms with Crippen molar-refractivity contribution in [2.75, 3.05) is 0 Å². The lowest BCUT2D eigenvalue weighted by atomic mass is 10.1. The molecule has 152 valence electrons. The summed E-state index contributed by atoms with van der Waals surface area (Å²) in [7, 11) is 0. The van der Waals surface area contributed by atoms with Crippen molar-refractivity contribution in [3.05, 3.63) is 34.7 Å². The predicted molar refractivity (Wildman–Crippen MR) is 104 cm³/mol. The van der Waals surface area contributed by atoms with Gasteiger partial charge in [-0.3, -0.25) is 24.0 Å². The summed E-state index contributed by atoms with van der Waals surface area (Å²) in [6, 6.07) is 6.37. The third-order valence-corrected chi connectivity index (χ3v) is 4.28. The Morgan fingerprint density at radius 2 is 1.68 bits per heavy atom. The van der Waals surface area contributed by atoms with E-state index < -0.39 is 24.0 Å². The van der Waals surface area contributed by atoms with E-state index in [9.17, 15) is 19.2 Å². The number of hydrogen-bond donors (Lipinski definition) is 2. The molecule has 0 saturated carbocycles. The van der Waals surface area contributed by atoms with Gasteiger partial charge < -0.3 is 10.5 Å². The monoisotopic (exact) mass is 390 g/mol. The lowest BCUT2D eigenvalue weighted by molar-refractivity contribution is -0.158. The number of primary amides is 1. The Hall–Kier alpha value is -3.10. The molecule has 0 bridgehead atoms. The van der Waals surface area contributed by atoms with Gasteiger partial charge in [0.15, 0.2) is 6.10 Å². The SMILES string of the molecule is CCCn1c(=O)n(CCC(=O)O[C@H](C(=O)NC(N)=O)C(C)C)c2ccccc21. The average molecular weight is 390 g/mol. The first-order valence-electron chi connectivity index (χ1n) is 9.24. The molecule has 1 atom stereocenters. The van der Waals surface area contributed by atoms with Gasteiger partial charge in [0.05, 0.1) is 17.5 Å². The molecule has 0 saturated heterocycles. The van der Waals surface area contributed by atoms with E-state index in [-0.39, 0.29) is 24.6 Å². The fraction of sp³-hybridized carbons (Fsp3) is 0.474. The molecule has 1 aromatic heterocycles. The van der Waals surface area contributed by atoms with Crippen LogP contribution in [-0.4, -0.2) is 33.1 Å². The summed E-state index contributed by atoms with van der Waals surface area (Å²) in [6.07, 6.45) is -0.424. The lowest BCUT2D eigenvalue weighted by Gasteiger charge is -2.19. The predicted octanol–water partition coefficient (Wildman–Crippen LogP) is 1.37. The summed E-state index contributed by atoms with van der Waals surface area (Å²) in [6.45, 7) is 6.05. The van der Waals surface area contributed by atoms with Crippen LogP contribution in [0.1, 0.15) is 33.6 Å². The van der Waals surface area contributed by atoms with Gasteiger partial charge in [-0.2, -0.15) is 0 Å². The van der Waals surface area contributed by atoms with Gasteiger partial charge in [-0.25, -0.2) is 9.59 Å². The van der Waals surface area contributed by atoms with Gasteiger partial charge in [0.2, 0.25) is 0 Å². The molecule has 2 rings (SSSR count). The third kappa shape index (κ3) is 4.79. The summed E-state index contributed by atoms with van der Waals surface area (Å²) >= 11 is 0. The molecule has 9 nitrogen and oxygen atoms in total. The molecule has 28 heavy (non-hydrogen) atoms. The Morgan fingerprint density at radius 1 is 1.11 bits per heavy atom. The second-order valence-corrected chi connectivity index (χ2v) is 6.83. The molecule has 1 heterocycles. The molecule has 1 aromatic carbocycles. The standard InChI is InChI=1S/C19H26N4O5/c1-4-10-22-13-7-5-6-8-14(13)23(19(22)27)11-9-15(24)28-16(12(2)3)17(25)21-18(20)26/h5-8,12,16H,4,9-11H2,1-3H3,(H3,20,21,25,26)/t16-/m0/s1. The Bertz CT molecular complexity index is 928. The van der Waals surface area contributed by atoms with E-state index >= 15 is 0 Å². The van der Waals surface area contributed by atoms with Crippen LogP contribution in [0, 0.1) is 5.92 Å². The van der Waals surface area contributed by atoms with E-state index in [1.807, 2.05) is 36.5 Å². The number of urea groups is 1. The first-order valence-corrected chi connectivity index (χ1v) is 9.24. The van der Waals surface area contributed by atoms with Crippen molar-refractivity contribution in [1.82, 2.24) is 14.5 Å². The summed E-state index contributed by atoms with van der Waals surface area (Å²) in [5.41, 5.74) is 6.30. The fourth-order valence-corrected chi connectivity index (χ4v) is 3.02. The molecule has 0 aliphatic heterocycles. The van der Waals surface area contributed by atoms with Crippen LogP contribution >= 0.6 is 0 Å². The maximum Gasteiger partial charge on any atom is 0.329 e. The molecule has 9 heteroatoms. The Kier molecular flexibility index (Phi) is 6.97. The van der Waals surface area contributed by atoms with Crippen molar-refractivity contribution in [3.8, 4) is 0 Å². The molecule has 0 aliphatic rings. The fourth-order valence-electron chi connectivity index (χ4n) is 3.02. The Labute approximate surface area is 162 Å². The second kappa shape index (κ2) is 9.20. The quantitative estimate of drug-likeness (QED) is 0.659. The molecular weight excluding hydrogens is 364 g/mol. The van der Waals surface area contributed by atoms with Crippen molar-refractivity contribution in [2.45, 2.75) is 52.8 Å². The molecule has 3 amide bonds. The van der Waals surface area contributed by atoms with E-state index in [1.54, 1.807) is 18.4 Å². The number of esters is 1. The molecule has 2 aromatic rings. The molecule has 0 fully saturated rings. The normalized spacial score (nSPS) is 12.1. The van der Waals surface area contributed by atoms with Crippen molar-refractivity contribution in [1.29, 1.82) is 0 Å².